The van der Waals surface area contributed by atoms with E-state index < -0.39 is 29.3 Å². The molecule has 174 valence electrons. The number of hydroxylamine groups is 1. The standard InChI is InChI=1S/C23H16F3N3O5/c24-23(25,26)34-19-8-4-3-7-18(19)29-21(31)16-5-1-2-6-17(16)28(22(29)32)13-14-9-11-15(12-10-14)20(30)27-33/h1-12,33H,13H2,(H,27,30). The summed E-state index contributed by atoms with van der Waals surface area (Å²) in [5.74, 6) is -1.42. The molecule has 0 spiro atoms. The highest BCUT2D eigenvalue weighted by Crippen LogP contribution is 2.28. The second-order valence-corrected chi connectivity index (χ2v) is 7.18. The molecule has 0 aliphatic heterocycles. The third-order valence-electron chi connectivity index (χ3n) is 5.04. The van der Waals surface area contributed by atoms with Crippen LogP contribution in [-0.2, 0) is 6.54 Å². The molecular weight excluding hydrogens is 455 g/mol. The number of para-hydroxylation sites is 3. The number of rotatable bonds is 5. The van der Waals surface area contributed by atoms with Gasteiger partial charge in [-0.15, -0.1) is 13.2 Å². The van der Waals surface area contributed by atoms with Gasteiger partial charge in [-0.25, -0.2) is 14.8 Å². The van der Waals surface area contributed by atoms with Gasteiger partial charge in [0.15, 0.2) is 5.75 Å². The van der Waals surface area contributed by atoms with Crippen molar-refractivity contribution in [1.29, 1.82) is 0 Å². The molecule has 8 nitrogen and oxygen atoms in total. The number of carbonyl (C=O) groups is 1. The number of hydrogen-bond donors (Lipinski definition) is 2. The largest absolute Gasteiger partial charge is 0.573 e. The van der Waals surface area contributed by atoms with Crippen molar-refractivity contribution >= 4 is 16.8 Å². The maximum atomic E-state index is 13.4. The van der Waals surface area contributed by atoms with E-state index in [1.165, 1.54) is 46.4 Å². The van der Waals surface area contributed by atoms with Crippen molar-refractivity contribution in [2.45, 2.75) is 12.9 Å². The molecule has 4 aromatic rings. The first-order valence-electron chi connectivity index (χ1n) is 9.83. The van der Waals surface area contributed by atoms with E-state index in [4.69, 9.17) is 5.21 Å². The molecule has 1 aromatic heterocycles. The van der Waals surface area contributed by atoms with Gasteiger partial charge in [0, 0.05) is 5.56 Å². The molecule has 0 bridgehead atoms. The zero-order chi connectivity index (χ0) is 24.5. The molecule has 0 aliphatic carbocycles. The molecule has 0 aliphatic rings. The number of halogens is 3. The molecule has 0 saturated carbocycles. The van der Waals surface area contributed by atoms with Gasteiger partial charge >= 0.3 is 12.1 Å². The third kappa shape index (κ3) is 4.41. The summed E-state index contributed by atoms with van der Waals surface area (Å²) in [6.45, 7) is -0.0526. The van der Waals surface area contributed by atoms with Crippen LogP contribution < -0.4 is 21.5 Å². The Balaban J connectivity index is 1.91. The van der Waals surface area contributed by atoms with Gasteiger partial charge in [0.1, 0.15) is 0 Å². The predicted octanol–water partition coefficient (Wildman–Crippen LogP) is 3.22. The van der Waals surface area contributed by atoms with E-state index in [2.05, 4.69) is 4.74 Å². The SMILES string of the molecule is O=C(NO)c1ccc(Cn2c(=O)n(-c3ccccc3OC(F)(F)F)c(=O)c3ccccc32)cc1. The fraction of sp³-hybridized carbons (Fsp3) is 0.0870. The van der Waals surface area contributed by atoms with E-state index in [0.29, 0.717) is 10.1 Å². The van der Waals surface area contributed by atoms with Crippen molar-refractivity contribution in [1.82, 2.24) is 14.6 Å². The van der Waals surface area contributed by atoms with Crippen molar-refractivity contribution in [3.8, 4) is 11.4 Å². The van der Waals surface area contributed by atoms with Gasteiger partial charge in [-0.3, -0.25) is 19.4 Å². The van der Waals surface area contributed by atoms with Gasteiger partial charge in [-0.2, -0.15) is 0 Å². The quantitative estimate of drug-likeness (QED) is 0.344. The topological polar surface area (TPSA) is 103 Å². The molecule has 3 aromatic carbocycles. The Hall–Kier alpha value is -4.38. The van der Waals surface area contributed by atoms with Crippen LogP contribution in [0.2, 0.25) is 0 Å². The number of ether oxygens (including phenoxy) is 1. The molecule has 11 heteroatoms. The van der Waals surface area contributed by atoms with Crippen molar-refractivity contribution in [3.05, 3.63) is 105 Å². The van der Waals surface area contributed by atoms with E-state index in [9.17, 15) is 27.6 Å². The van der Waals surface area contributed by atoms with Gasteiger partial charge in [0.25, 0.3) is 11.5 Å². The third-order valence-corrected chi connectivity index (χ3v) is 5.04. The second kappa shape index (κ2) is 8.87. The Kier molecular flexibility index (Phi) is 5.95. The van der Waals surface area contributed by atoms with Crippen LogP contribution in [0.1, 0.15) is 15.9 Å². The van der Waals surface area contributed by atoms with E-state index in [1.54, 1.807) is 30.3 Å². The predicted molar refractivity (Wildman–Crippen MR) is 115 cm³/mol. The summed E-state index contributed by atoms with van der Waals surface area (Å²) >= 11 is 0. The number of benzene rings is 3. The number of amides is 1. The minimum absolute atomic E-state index is 0.0526. The molecule has 0 radical (unpaired) electrons. The molecule has 34 heavy (non-hydrogen) atoms. The average molecular weight is 471 g/mol. The fourth-order valence-electron chi connectivity index (χ4n) is 3.55. The van der Waals surface area contributed by atoms with Gasteiger partial charge in [0.05, 0.1) is 23.1 Å². The van der Waals surface area contributed by atoms with Gasteiger partial charge < -0.3 is 4.74 Å². The molecule has 1 amide bonds. The Morgan fingerprint density at radius 1 is 0.941 bits per heavy atom. The first-order valence-corrected chi connectivity index (χ1v) is 9.83. The molecule has 4 rings (SSSR count). The van der Waals surface area contributed by atoms with Crippen molar-refractivity contribution in [2.75, 3.05) is 0 Å². The fourth-order valence-corrected chi connectivity index (χ4v) is 3.55. The monoisotopic (exact) mass is 471 g/mol. The number of carbonyl (C=O) groups excluding carboxylic acids is 1. The second-order valence-electron chi connectivity index (χ2n) is 7.18. The van der Waals surface area contributed by atoms with Crippen molar-refractivity contribution in [3.63, 3.8) is 0 Å². The van der Waals surface area contributed by atoms with Crippen LogP contribution in [0.3, 0.4) is 0 Å². The Labute approximate surface area is 189 Å². The van der Waals surface area contributed by atoms with Crippen LogP contribution in [0, 0.1) is 0 Å². The number of fused-ring (bicyclic) bond motifs is 1. The highest BCUT2D eigenvalue weighted by Gasteiger charge is 2.32. The summed E-state index contributed by atoms with van der Waals surface area (Å²) in [6, 6.07) is 17.0. The molecule has 1 heterocycles. The lowest BCUT2D eigenvalue weighted by molar-refractivity contribution is -0.274. The summed E-state index contributed by atoms with van der Waals surface area (Å²) < 4.78 is 44.7. The maximum Gasteiger partial charge on any atom is 0.573 e. The maximum absolute atomic E-state index is 13.4. The van der Waals surface area contributed by atoms with E-state index >= 15 is 0 Å². The summed E-state index contributed by atoms with van der Waals surface area (Å²) in [5, 5.41) is 8.86. The summed E-state index contributed by atoms with van der Waals surface area (Å²) in [4.78, 5) is 38.1. The molecule has 2 N–H and O–H groups in total. The summed E-state index contributed by atoms with van der Waals surface area (Å²) in [6.07, 6.45) is -5.03. The number of nitrogens with one attached hydrogen (secondary N) is 1. The van der Waals surface area contributed by atoms with Crippen LogP contribution in [0.5, 0.6) is 5.75 Å². The first kappa shape index (κ1) is 22.8. The molecule has 0 atom stereocenters. The van der Waals surface area contributed by atoms with Gasteiger partial charge in [-0.05, 0) is 42.0 Å². The zero-order valence-electron chi connectivity index (χ0n) is 17.2. The molecule has 0 unspecified atom stereocenters. The lowest BCUT2D eigenvalue weighted by atomic mass is 10.1. The Bertz CT molecular complexity index is 1490. The number of hydrogen-bond acceptors (Lipinski definition) is 5. The molecular formula is C23H16F3N3O5. The van der Waals surface area contributed by atoms with Gasteiger partial charge in [-0.1, -0.05) is 36.4 Å². The lowest BCUT2D eigenvalue weighted by Gasteiger charge is -2.17. The number of aromatic nitrogens is 2. The summed E-state index contributed by atoms with van der Waals surface area (Å²) in [5.41, 5.74) is 0.492. The zero-order valence-corrected chi connectivity index (χ0v) is 17.2. The highest BCUT2D eigenvalue weighted by molar-refractivity contribution is 5.93. The minimum atomic E-state index is -5.03. The van der Waals surface area contributed by atoms with Crippen LogP contribution in [0.4, 0.5) is 13.2 Å². The average Bonchev–Trinajstić information content (AvgIpc) is 2.82. The van der Waals surface area contributed by atoms with Crippen molar-refractivity contribution in [2.24, 2.45) is 0 Å². The Morgan fingerprint density at radius 3 is 2.26 bits per heavy atom. The lowest BCUT2D eigenvalue weighted by Crippen LogP contribution is -2.39. The van der Waals surface area contributed by atoms with Crippen molar-refractivity contribution < 1.29 is 27.9 Å². The van der Waals surface area contributed by atoms with E-state index in [1.807, 2.05) is 0 Å². The van der Waals surface area contributed by atoms with Gasteiger partial charge in [0.2, 0.25) is 0 Å². The van der Waals surface area contributed by atoms with E-state index in [-0.39, 0.29) is 28.7 Å². The first-order chi connectivity index (χ1) is 16.2. The minimum Gasteiger partial charge on any atom is -0.404 e. The van der Waals surface area contributed by atoms with Crippen LogP contribution in [0.15, 0.2) is 82.4 Å². The number of alkyl halides is 3. The normalized spacial score (nSPS) is 11.4. The highest BCUT2D eigenvalue weighted by atomic mass is 19.4. The molecule has 0 fully saturated rings. The smallest absolute Gasteiger partial charge is 0.404 e. The Morgan fingerprint density at radius 2 is 1.59 bits per heavy atom. The summed E-state index contributed by atoms with van der Waals surface area (Å²) in [7, 11) is 0. The van der Waals surface area contributed by atoms with E-state index in [0.717, 1.165) is 6.07 Å². The van der Waals surface area contributed by atoms with Crippen LogP contribution in [0.25, 0.3) is 16.6 Å². The number of nitrogens with zero attached hydrogens (tertiary/aromatic N) is 2. The van der Waals surface area contributed by atoms with Crippen LogP contribution >= 0.6 is 0 Å². The molecule has 0 saturated heterocycles. The van der Waals surface area contributed by atoms with Crippen LogP contribution in [-0.4, -0.2) is 26.6 Å².